The fourth-order valence-corrected chi connectivity index (χ4v) is 3.46. The molecule has 1 aliphatic heterocycles. The zero-order valence-corrected chi connectivity index (χ0v) is 14.8. The number of hydrogen-bond acceptors (Lipinski definition) is 3. The number of carbonyl (C=O) groups excluding carboxylic acids is 2. The minimum atomic E-state index is -2.56. The van der Waals surface area contributed by atoms with Crippen LogP contribution in [0.3, 0.4) is 0 Å². The van der Waals surface area contributed by atoms with Gasteiger partial charge in [0.2, 0.25) is 5.91 Å². The van der Waals surface area contributed by atoms with E-state index in [2.05, 4.69) is 5.32 Å². The topological polar surface area (TPSA) is 49.4 Å². The number of amides is 2. The van der Waals surface area contributed by atoms with Gasteiger partial charge in [0.1, 0.15) is 0 Å². The Hall–Kier alpha value is -2.41. The van der Waals surface area contributed by atoms with Gasteiger partial charge < -0.3 is 10.2 Å². The molecule has 0 bridgehead atoms. The van der Waals surface area contributed by atoms with Crippen LogP contribution in [0.5, 0.6) is 0 Å². The van der Waals surface area contributed by atoms with Crippen molar-refractivity contribution in [1.82, 2.24) is 4.90 Å². The third-order valence-corrected chi connectivity index (χ3v) is 4.87. The maximum atomic E-state index is 12.7. The molecule has 3 rings (SSSR count). The Morgan fingerprint density at radius 1 is 1.19 bits per heavy atom. The van der Waals surface area contributed by atoms with Crippen LogP contribution >= 0.6 is 11.8 Å². The SMILES string of the molecule is O=C(Nc1ccccc1SC(F)F)c1cccc(CN2CCCC2=O)c1. The van der Waals surface area contributed by atoms with Crippen molar-refractivity contribution in [3.8, 4) is 0 Å². The van der Waals surface area contributed by atoms with E-state index < -0.39 is 5.76 Å². The first-order valence-electron chi connectivity index (χ1n) is 8.25. The van der Waals surface area contributed by atoms with Crippen molar-refractivity contribution in [2.45, 2.75) is 30.0 Å². The van der Waals surface area contributed by atoms with Crippen LogP contribution in [0, 0.1) is 0 Å². The molecule has 0 saturated carbocycles. The molecule has 7 heteroatoms. The molecule has 0 radical (unpaired) electrons. The number of benzene rings is 2. The molecule has 0 aliphatic carbocycles. The molecule has 136 valence electrons. The third kappa shape index (κ3) is 4.60. The van der Waals surface area contributed by atoms with Gasteiger partial charge in [0.05, 0.1) is 5.69 Å². The van der Waals surface area contributed by atoms with E-state index >= 15 is 0 Å². The van der Waals surface area contributed by atoms with Crippen molar-refractivity contribution in [3.63, 3.8) is 0 Å². The van der Waals surface area contributed by atoms with E-state index in [1.165, 1.54) is 0 Å². The molecule has 2 amide bonds. The van der Waals surface area contributed by atoms with Crippen LogP contribution in [-0.2, 0) is 11.3 Å². The minimum Gasteiger partial charge on any atom is -0.338 e. The highest BCUT2D eigenvalue weighted by atomic mass is 32.2. The molecule has 1 fully saturated rings. The Bertz CT molecular complexity index is 814. The number of anilines is 1. The van der Waals surface area contributed by atoms with Crippen LogP contribution in [0.2, 0.25) is 0 Å². The third-order valence-electron chi connectivity index (χ3n) is 4.09. The van der Waals surface area contributed by atoms with Crippen molar-refractivity contribution >= 4 is 29.3 Å². The molecule has 0 atom stereocenters. The van der Waals surface area contributed by atoms with Crippen LogP contribution in [0.25, 0.3) is 0 Å². The lowest BCUT2D eigenvalue weighted by molar-refractivity contribution is -0.128. The Morgan fingerprint density at radius 3 is 2.73 bits per heavy atom. The summed E-state index contributed by atoms with van der Waals surface area (Å²) >= 11 is 0.395. The summed E-state index contributed by atoms with van der Waals surface area (Å²) < 4.78 is 25.3. The van der Waals surface area contributed by atoms with E-state index in [4.69, 9.17) is 0 Å². The molecule has 2 aromatic rings. The van der Waals surface area contributed by atoms with Crippen molar-refractivity contribution in [2.75, 3.05) is 11.9 Å². The van der Waals surface area contributed by atoms with E-state index in [9.17, 15) is 18.4 Å². The van der Waals surface area contributed by atoms with Gasteiger partial charge in [-0.2, -0.15) is 8.78 Å². The molecule has 2 aromatic carbocycles. The van der Waals surface area contributed by atoms with Crippen molar-refractivity contribution in [3.05, 3.63) is 59.7 Å². The van der Waals surface area contributed by atoms with Gasteiger partial charge in [0.25, 0.3) is 11.7 Å². The highest BCUT2D eigenvalue weighted by molar-refractivity contribution is 7.99. The fraction of sp³-hybridized carbons (Fsp3) is 0.263. The summed E-state index contributed by atoms with van der Waals surface area (Å²) in [4.78, 5) is 26.3. The average Bonchev–Trinajstić information content (AvgIpc) is 3.01. The monoisotopic (exact) mass is 376 g/mol. The number of nitrogens with one attached hydrogen (secondary N) is 1. The molecule has 1 aliphatic rings. The second-order valence-corrected chi connectivity index (χ2v) is 6.98. The van der Waals surface area contributed by atoms with Crippen LogP contribution < -0.4 is 5.32 Å². The van der Waals surface area contributed by atoms with E-state index in [1.54, 1.807) is 47.4 Å². The molecule has 4 nitrogen and oxygen atoms in total. The molecule has 1 heterocycles. The van der Waals surface area contributed by atoms with Crippen LogP contribution in [0.4, 0.5) is 14.5 Å². The van der Waals surface area contributed by atoms with Crippen LogP contribution in [-0.4, -0.2) is 29.0 Å². The largest absolute Gasteiger partial charge is 0.338 e. The summed E-state index contributed by atoms with van der Waals surface area (Å²) in [5.41, 5.74) is 1.64. The van der Waals surface area contributed by atoms with Gasteiger partial charge in [-0.15, -0.1) is 0 Å². The average molecular weight is 376 g/mol. The molecule has 1 saturated heterocycles. The molecule has 1 N–H and O–H groups in total. The first-order chi connectivity index (χ1) is 12.5. The number of thioether (sulfide) groups is 1. The molecule has 0 spiro atoms. The molecule has 0 unspecified atom stereocenters. The number of alkyl halides is 2. The fourth-order valence-electron chi connectivity index (χ4n) is 2.87. The number of halogens is 2. The number of rotatable bonds is 6. The molecular weight excluding hydrogens is 358 g/mol. The number of para-hydroxylation sites is 1. The van der Waals surface area contributed by atoms with Gasteiger partial charge in [0.15, 0.2) is 0 Å². The number of likely N-dealkylation sites (tertiary alicyclic amines) is 1. The van der Waals surface area contributed by atoms with Crippen molar-refractivity contribution < 1.29 is 18.4 Å². The van der Waals surface area contributed by atoms with Crippen molar-refractivity contribution in [2.24, 2.45) is 0 Å². The standard InChI is InChI=1S/C19H18F2N2O2S/c20-19(21)26-16-8-2-1-7-15(16)22-18(25)14-6-3-5-13(11-14)12-23-10-4-9-17(23)24/h1-3,5-8,11,19H,4,9-10,12H2,(H,22,25). The molecular formula is C19H18F2N2O2S. The summed E-state index contributed by atoms with van der Waals surface area (Å²) in [6.45, 7) is 1.20. The summed E-state index contributed by atoms with van der Waals surface area (Å²) in [6.07, 6.45) is 1.43. The predicted molar refractivity (Wildman–Crippen MR) is 97.3 cm³/mol. The zero-order valence-electron chi connectivity index (χ0n) is 14.0. The first kappa shape index (κ1) is 18.4. The lowest BCUT2D eigenvalue weighted by Gasteiger charge is -2.16. The van der Waals surface area contributed by atoms with E-state index in [0.717, 1.165) is 18.5 Å². The Morgan fingerprint density at radius 2 is 2.00 bits per heavy atom. The number of hydrogen-bond donors (Lipinski definition) is 1. The molecule has 26 heavy (non-hydrogen) atoms. The van der Waals surface area contributed by atoms with E-state index in [1.807, 2.05) is 6.07 Å². The highest BCUT2D eigenvalue weighted by Gasteiger charge is 2.20. The predicted octanol–water partition coefficient (Wildman–Crippen LogP) is 4.38. The van der Waals surface area contributed by atoms with Gasteiger partial charge in [-0.05, 0) is 36.2 Å². The Kier molecular flexibility index (Phi) is 5.88. The minimum absolute atomic E-state index is 0.123. The first-order valence-corrected chi connectivity index (χ1v) is 9.13. The van der Waals surface area contributed by atoms with Crippen LogP contribution in [0.1, 0.15) is 28.8 Å². The summed E-state index contributed by atoms with van der Waals surface area (Å²) in [6, 6.07) is 13.5. The normalized spacial score (nSPS) is 14.1. The quantitative estimate of drug-likeness (QED) is 0.762. The lowest BCUT2D eigenvalue weighted by Crippen LogP contribution is -2.24. The summed E-state index contributed by atoms with van der Waals surface area (Å²) in [5, 5.41) is 2.69. The van der Waals surface area contributed by atoms with E-state index in [-0.39, 0.29) is 11.8 Å². The lowest BCUT2D eigenvalue weighted by atomic mass is 10.1. The van der Waals surface area contributed by atoms with E-state index in [0.29, 0.717) is 40.9 Å². The number of nitrogens with zero attached hydrogens (tertiary/aromatic N) is 1. The van der Waals surface area contributed by atoms with Crippen molar-refractivity contribution in [1.29, 1.82) is 0 Å². The zero-order chi connectivity index (χ0) is 18.5. The maximum absolute atomic E-state index is 12.7. The molecule has 0 aromatic heterocycles. The maximum Gasteiger partial charge on any atom is 0.288 e. The number of carbonyl (C=O) groups is 2. The second kappa shape index (κ2) is 8.31. The van der Waals surface area contributed by atoms with Gasteiger partial charge in [0, 0.05) is 30.0 Å². The Labute approximate surface area is 154 Å². The van der Waals surface area contributed by atoms with Gasteiger partial charge in [-0.1, -0.05) is 36.0 Å². The summed E-state index contributed by atoms with van der Waals surface area (Å²) in [5.74, 6) is -2.81. The van der Waals surface area contributed by atoms with Gasteiger partial charge in [-0.25, -0.2) is 0 Å². The second-order valence-electron chi connectivity index (χ2n) is 5.95. The van der Waals surface area contributed by atoms with Gasteiger partial charge in [-0.3, -0.25) is 9.59 Å². The van der Waals surface area contributed by atoms with Gasteiger partial charge >= 0.3 is 0 Å². The Balaban J connectivity index is 1.72. The summed E-state index contributed by atoms with van der Waals surface area (Å²) in [7, 11) is 0. The van der Waals surface area contributed by atoms with Crippen LogP contribution in [0.15, 0.2) is 53.4 Å². The smallest absolute Gasteiger partial charge is 0.288 e. The highest BCUT2D eigenvalue weighted by Crippen LogP contribution is 2.31.